The van der Waals surface area contributed by atoms with Crippen molar-refractivity contribution in [1.82, 2.24) is 0 Å². The Hall–Kier alpha value is -1.70. The number of hydrogen-bond acceptors (Lipinski definition) is 3. The smallest absolute Gasteiger partial charge is 1.00 e. The van der Waals surface area contributed by atoms with Crippen LogP contribution >= 0.6 is 0 Å². The molecule has 0 heterocycles. The van der Waals surface area contributed by atoms with E-state index in [1.165, 1.54) is 48.5 Å². The van der Waals surface area contributed by atoms with Crippen LogP contribution in [-0.2, 0) is 10.8 Å². The maximum Gasteiger partial charge on any atom is 2.00 e. The maximum atomic E-state index is 12.2. The van der Waals surface area contributed by atoms with E-state index in [0.717, 1.165) is 0 Å². The molecule has 0 aliphatic carbocycles. The Morgan fingerprint density at radius 2 is 1.05 bits per heavy atom. The second-order valence-corrected chi connectivity index (χ2v) is 5.41. The second-order valence-electron chi connectivity index (χ2n) is 3.93. The van der Waals surface area contributed by atoms with E-state index in [1.807, 2.05) is 0 Å². The van der Waals surface area contributed by atoms with Crippen molar-refractivity contribution in [3.05, 3.63) is 59.7 Å². The number of hydrogen-bond donors (Lipinski definition) is 2. The van der Waals surface area contributed by atoms with Crippen LogP contribution in [0.25, 0.3) is 0 Å². The summed E-state index contributed by atoms with van der Waals surface area (Å²) in [6, 6.07) is 11.4. The normalized spacial score (nSPS) is 9.95. The van der Waals surface area contributed by atoms with Crippen LogP contribution in [0.3, 0.4) is 0 Å². The fourth-order valence-corrected chi connectivity index (χ4v) is 2.62. The second kappa shape index (κ2) is 7.35. The summed E-state index contributed by atoms with van der Waals surface area (Å²) in [7, 11) is -1.48. The van der Waals surface area contributed by atoms with Crippen molar-refractivity contribution < 1.29 is 26.9 Å². The van der Waals surface area contributed by atoms with Gasteiger partial charge in [-0.1, -0.05) is 0 Å². The van der Waals surface area contributed by atoms with Crippen LogP contribution in [0.1, 0.15) is 23.6 Å². The van der Waals surface area contributed by atoms with Crippen LogP contribution in [0.15, 0.2) is 58.3 Å². The van der Waals surface area contributed by atoms with Crippen LogP contribution in [0.2, 0.25) is 0 Å². The molecule has 0 saturated heterocycles. The Balaban J connectivity index is 0. The van der Waals surface area contributed by atoms with Crippen LogP contribution in [0.4, 0.5) is 0 Å². The Bertz CT molecular complexity index is 630. The monoisotopic (exact) mass is 316 g/mol. The molecule has 0 atom stereocenters. The fraction of sp³-hybridized carbons (Fsp3) is 0. The van der Waals surface area contributed by atoms with E-state index < -0.39 is 22.7 Å². The summed E-state index contributed by atoms with van der Waals surface area (Å²) < 4.78 is 12.2. The van der Waals surface area contributed by atoms with E-state index in [4.69, 9.17) is 10.2 Å². The fourth-order valence-electron chi connectivity index (χ4n) is 1.58. The molecule has 0 radical (unpaired) electrons. The average Bonchev–Trinajstić information content (AvgIpc) is 2.46. The molecule has 2 aromatic rings. The molecule has 0 spiro atoms. The van der Waals surface area contributed by atoms with Crippen molar-refractivity contribution in [2.75, 3.05) is 0 Å². The van der Waals surface area contributed by atoms with Crippen LogP contribution in [0.5, 0.6) is 0 Å². The summed E-state index contributed by atoms with van der Waals surface area (Å²) in [4.78, 5) is 22.4. The molecule has 0 aromatic heterocycles. The topological polar surface area (TPSA) is 91.7 Å². The number of rotatable bonds is 4. The van der Waals surface area contributed by atoms with Gasteiger partial charge < -0.3 is 13.1 Å². The Morgan fingerprint density at radius 3 is 1.29 bits per heavy atom. The Labute approximate surface area is 142 Å². The van der Waals surface area contributed by atoms with Gasteiger partial charge in [0.15, 0.2) is 0 Å². The minimum absolute atomic E-state index is 0. The number of benzene rings is 2. The molecule has 106 valence electrons. The van der Waals surface area contributed by atoms with Gasteiger partial charge in [0.25, 0.3) is 0 Å². The van der Waals surface area contributed by atoms with E-state index in [2.05, 4.69) is 0 Å². The minimum Gasteiger partial charge on any atom is -1.00 e. The predicted molar refractivity (Wildman–Crippen MR) is 79.5 cm³/mol. The van der Waals surface area contributed by atoms with Gasteiger partial charge in [-0.2, -0.15) is 0 Å². The first-order valence-electron chi connectivity index (χ1n) is 5.57. The summed E-state index contributed by atoms with van der Waals surface area (Å²) >= 11 is 0. The molecule has 21 heavy (non-hydrogen) atoms. The molecule has 0 aliphatic heterocycles. The maximum absolute atomic E-state index is 12.2. The van der Waals surface area contributed by atoms with E-state index in [-0.39, 0.29) is 37.0 Å². The number of carbonyl (C=O) groups is 2. The average molecular weight is 317 g/mol. The SMILES string of the molecule is O=C(O)c1ccc(S(=O)c2ccc(C(=O)O)cc2)cc1.[H-].[H-].[Mg+2]. The van der Waals surface area contributed by atoms with Crippen molar-refractivity contribution in [3.63, 3.8) is 0 Å². The summed E-state index contributed by atoms with van der Waals surface area (Å²) in [5.41, 5.74) is 0.235. The summed E-state index contributed by atoms with van der Waals surface area (Å²) in [6.45, 7) is 0. The molecule has 2 rings (SSSR count). The molecule has 7 heteroatoms. The van der Waals surface area contributed by atoms with Gasteiger partial charge in [-0.15, -0.1) is 0 Å². The van der Waals surface area contributed by atoms with Crippen molar-refractivity contribution in [1.29, 1.82) is 0 Å². The molecule has 2 aromatic carbocycles. The zero-order chi connectivity index (χ0) is 14.7. The van der Waals surface area contributed by atoms with Gasteiger partial charge in [0.2, 0.25) is 0 Å². The van der Waals surface area contributed by atoms with Crippen LogP contribution < -0.4 is 0 Å². The van der Waals surface area contributed by atoms with E-state index >= 15 is 0 Å². The molecule has 0 amide bonds. The van der Waals surface area contributed by atoms with Crippen LogP contribution in [-0.4, -0.2) is 49.4 Å². The third kappa shape index (κ3) is 4.13. The van der Waals surface area contributed by atoms with Gasteiger partial charge in [0, 0.05) is 9.79 Å². The number of aromatic carboxylic acids is 2. The zero-order valence-electron chi connectivity index (χ0n) is 12.9. The molecule has 5 nitrogen and oxygen atoms in total. The van der Waals surface area contributed by atoms with Crippen molar-refractivity contribution in [3.8, 4) is 0 Å². The van der Waals surface area contributed by atoms with Crippen molar-refractivity contribution >= 4 is 45.8 Å². The first-order valence-corrected chi connectivity index (χ1v) is 6.72. The van der Waals surface area contributed by atoms with Gasteiger partial charge in [-0.05, 0) is 48.5 Å². The predicted octanol–water partition coefficient (Wildman–Crippen LogP) is 2.09. The standard InChI is InChI=1S/C14H10O5S.Mg.2H/c15-13(16)9-1-5-11(6-2-9)20(19)12-7-3-10(4-8-12)14(17)18;;;/h1-8H,(H,15,16)(H,17,18);;;/q;+2;2*-1. The third-order valence-corrected chi connectivity index (χ3v) is 4.03. The van der Waals surface area contributed by atoms with Crippen molar-refractivity contribution in [2.45, 2.75) is 9.79 Å². The Morgan fingerprint density at radius 1 is 0.762 bits per heavy atom. The van der Waals surface area contributed by atoms with Gasteiger partial charge in [0.05, 0.1) is 21.9 Å². The minimum atomic E-state index is -1.48. The van der Waals surface area contributed by atoms with E-state index in [1.54, 1.807) is 0 Å². The van der Waals surface area contributed by atoms with Gasteiger partial charge in [-0.25, -0.2) is 13.8 Å². The largest absolute Gasteiger partial charge is 2.00 e. The molecule has 0 aliphatic rings. The van der Waals surface area contributed by atoms with Crippen LogP contribution in [0, 0.1) is 0 Å². The van der Waals surface area contributed by atoms with Gasteiger partial charge >= 0.3 is 35.0 Å². The molecular formula is C14H12MgO5S. The molecule has 0 unspecified atom stereocenters. The third-order valence-electron chi connectivity index (χ3n) is 2.63. The first-order chi connectivity index (χ1) is 9.49. The summed E-state index contributed by atoms with van der Waals surface area (Å²) in [5.74, 6) is -2.10. The molecular weight excluding hydrogens is 305 g/mol. The molecule has 0 fully saturated rings. The molecule has 0 saturated carbocycles. The molecule has 0 bridgehead atoms. The molecule has 2 N–H and O–H groups in total. The number of carboxylic acids is 2. The van der Waals surface area contributed by atoms with Crippen molar-refractivity contribution in [2.24, 2.45) is 0 Å². The number of carboxylic acid groups (broad SMARTS) is 2. The Kier molecular flexibility index (Phi) is 6.07. The zero-order valence-corrected chi connectivity index (χ0v) is 13.1. The summed E-state index contributed by atoms with van der Waals surface area (Å²) in [5, 5.41) is 17.6. The first kappa shape index (κ1) is 17.3. The summed E-state index contributed by atoms with van der Waals surface area (Å²) in [6.07, 6.45) is 0. The van der Waals surface area contributed by atoms with E-state index in [9.17, 15) is 13.8 Å². The quantitative estimate of drug-likeness (QED) is 0.843. The van der Waals surface area contributed by atoms with Gasteiger partial charge in [-0.3, -0.25) is 0 Å². The van der Waals surface area contributed by atoms with Gasteiger partial charge in [0.1, 0.15) is 0 Å². The van der Waals surface area contributed by atoms with E-state index in [0.29, 0.717) is 9.79 Å².